The van der Waals surface area contributed by atoms with Gasteiger partial charge < -0.3 is 10.2 Å². The van der Waals surface area contributed by atoms with Crippen molar-refractivity contribution in [2.24, 2.45) is 5.73 Å². The van der Waals surface area contributed by atoms with Gasteiger partial charge in [-0.1, -0.05) is 0 Å². The third kappa shape index (κ3) is 3.74. The Balaban J connectivity index is 2.18. The van der Waals surface area contributed by atoms with Gasteiger partial charge >= 0.3 is 0 Å². The molecular formula is C14H20N2O3S2. The van der Waals surface area contributed by atoms with E-state index in [2.05, 4.69) is 4.72 Å². The van der Waals surface area contributed by atoms with Crippen LogP contribution in [0.4, 0.5) is 0 Å². The number of thiophene rings is 1. The van der Waals surface area contributed by atoms with E-state index in [4.69, 9.17) is 10.2 Å². The molecular weight excluding hydrogens is 308 g/mol. The van der Waals surface area contributed by atoms with Crippen molar-refractivity contribution in [2.45, 2.75) is 37.4 Å². The Morgan fingerprint density at radius 3 is 2.67 bits per heavy atom. The Kier molecular flexibility index (Phi) is 4.88. The molecule has 0 saturated heterocycles. The van der Waals surface area contributed by atoms with Crippen LogP contribution in [-0.2, 0) is 16.4 Å². The molecule has 116 valence electrons. The maximum absolute atomic E-state index is 12.4. The molecule has 0 aliphatic rings. The van der Waals surface area contributed by atoms with Gasteiger partial charge in [0.1, 0.15) is 15.7 Å². The molecule has 3 N–H and O–H groups in total. The average molecular weight is 328 g/mol. The van der Waals surface area contributed by atoms with E-state index < -0.39 is 10.0 Å². The van der Waals surface area contributed by atoms with Crippen LogP contribution in [0.25, 0.3) is 0 Å². The summed E-state index contributed by atoms with van der Waals surface area (Å²) in [4.78, 5) is 0.973. The fourth-order valence-electron chi connectivity index (χ4n) is 2.21. The summed E-state index contributed by atoms with van der Waals surface area (Å²) in [5.41, 5.74) is 6.34. The summed E-state index contributed by atoms with van der Waals surface area (Å²) >= 11 is 1.26. The topological polar surface area (TPSA) is 85.3 Å². The van der Waals surface area contributed by atoms with Crippen molar-refractivity contribution in [3.8, 4) is 0 Å². The maximum atomic E-state index is 12.4. The molecule has 2 aromatic heterocycles. The largest absolute Gasteiger partial charge is 0.466 e. The SMILES string of the molecule is Cc1cc(C(C)NS(=O)(=O)c2ccc(CCN)s2)c(C)o1. The van der Waals surface area contributed by atoms with Crippen molar-refractivity contribution in [2.75, 3.05) is 6.54 Å². The smallest absolute Gasteiger partial charge is 0.250 e. The van der Waals surface area contributed by atoms with Gasteiger partial charge in [0, 0.05) is 16.5 Å². The van der Waals surface area contributed by atoms with Crippen LogP contribution in [0.15, 0.2) is 26.8 Å². The summed E-state index contributed by atoms with van der Waals surface area (Å²) in [6.07, 6.45) is 0.690. The summed E-state index contributed by atoms with van der Waals surface area (Å²) in [5.74, 6) is 1.51. The Hall–Kier alpha value is -1.15. The van der Waals surface area contributed by atoms with Crippen molar-refractivity contribution in [3.05, 3.63) is 40.2 Å². The third-order valence-corrected chi connectivity index (χ3v) is 6.35. The number of nitrogens with one attached hydrogen (secondary N) is 1. The van der Waals surface area contributed by atoms with Gasteiger partial charge in [-0.3, -0.25) is 0 Å². The van der Waals surface area contributed by atoms with E-state index in [-0.39, 0.29) is 6.04 Å². The maximum Gasteiger partial charge on any atom is 0.250 e. The first-order valence-corrected chi connectivity index (χ1v) is 9.01. The van der Waals surface area contributed by atoms with Gasteiger partial charge in [-0.05, 0) is 51.9 Å². The lowest BCUT2D eigenvalue weighted by Gasteiger charge is -2.12. The molecule has 0 spiro atoms. The summed E-state index contributed by atoms with van der Waals surface area (Å²) in [6.45, 7) is 5.99. The van der Waals surface area contributed by atoms with Gasteiger partial charge in [-0.15, -0.1) is 11.3 Å². The molecule has 21 heavy (non-hydrogen) atoms. The van der Waals surface area contributed by atoms with Crippen LogP contribution >= 0.6 is 11.3 Å². The van der Waals surface area contributed by atoms with Crippen molar-refractivity contribution in [3.63, 3.8) is 0 Å². The lowest BCUT2D eigenvalue weighted by molar-refractivity contribution is 0.496. The zero-order chi connectivity index (χ0) is 15.6. The summed E-state index contributed by atoms with van der Waals surface area (Å²) in [5, 5.41) is 0. The van der Waals surface area contributed by atoms with Gasteiger partial charge in [-0.2, -0.15) is 0 Å². The molecule has 7 heteroatoms. The predicted molar refractivity (Wildman–Crippen MR) is 84.0 cm³/mol. The van der Waals surface area contributed by atoms with E-state index in [9.17, 15) is 8.42 Å². The molecule has 0 radical (unpaired) electrons. The van der Waals surface area contributed by atoms with Gasteiger partial charge in [0.05, 0.1) is 0 Å². The minimum Gasteiger partial charge on any atom is -0.466 e. The first-order valence-electron chi connectivity index (χ1n) is 6.71. The normalized spacial score (nSPS) is 13.5. The lowest BCUT2D eigenvalue weighted by Crippen LogP contribution is -2.26. The molecule has 0 aliphatic heterocycles. The number of rotatable bonds is 6. The molecule has 0 bridgehead atoms. The highest BCUT2D eigenvalue weighted by atomic mass is 32.2. The standard InChI is InChI=1S/C14H20N2O3S2/c1-9-8-13(11(3)19-9)10(2)16-21(17,18)14-5-4-12(20-14)6-7-15/h4-5,8,10,16H,6-7,15H2,1-3H3. The predicted octanol–water partition coefficient (Wildman–Crippen LogP) is 2.50. The summed E-state index contributed by atoms with van der Waals surface area (Å²) in [7, 11) is -3.53. The van der Waals surface area contributed by atoms with Crippen LogP contribution in [0.3, 0.4) is 0 Å². The highest BCUT2D eigenvalue weighted by Gasteiger charge is 2.22. The Bertz CT molecular complexity index is 716. The molecule has 5 nitrogen and oxygen atoms in total. The summed E-state index contributed by atoms with van der Waals surface area (Å²) in [6, 6.07) is 4.95. The molecule has 2 aromatic rings. The molecule has 1 atom stereocenters. The zero-order valence-electron chi connectivity index (χ0n) is 12.3. The Morgan fingerprint density at radius 1 is 1.38 bits per heavy atom. The molecule has 0 saturated carbocycles. The Morgan fingerprint density at radius 2 is 2.10 bits per heavy atom. The monoisotopic (exact) mass is 328 g/mol. The molecule has 0 aromatic carbocycles. The minimum absolute atomic E-state index is 0.315. The van der Waals surface area contributed by atoms with Crippen LogP contribution in [0, 0.1) is 13.8 Å². The minimum atomic E-state index is -3.53. The van der Waals surface area contributed by atoms with Crippen LogP contribution in [0.5, 0.6) is 0 Å². The van der Waals surface area contributed by atoms with E-state index >= 15 is 0 Å². The fourth-order valence-corrected chi connectivity index (χ4v) is 4.82. The molecule has 0 aliphatic carbocycles. The number of nitrogens with two attached hydrogens (primary N) is 1. The van der Waals surface area contributed by atoms with Crippen molar-refractivity contribution < 1.29 is 12.8 Å². The van der Waals surface area contributed by atoms with Gasteiger partial charge in [-0.25, -0.2) is 13.1 Å². The fraction of sp³-hybridized carbons (Fsp3) is 0.429. The van der Waals surface area contributed by atoms with Crippen molar-refractivity contribution in [1.29, 1.82) is 0 Å². The lowest BCUT2D eigenvalue weighted by atomic mass is 10.1. The highest BCUT2D eigenvalue weighted by Crippen LogP contribution is 2.26. The van der Waals surface area contributed by atoms with E-state index in [1.54, 1.807) is 6.07 Å². The zero-order valence-corrected chi connectivity index (χ0v) is 14.0. The second kappa shape index (κ2) is 6.31. The Labute approximate surface area is 129 Å². The van der Waals surface area contributed by atoms with Gasteiger partial charge in [0.25, 0.3) is 10.0 Å². The highest BCUT2D eigenvalue weighted by molar-refractivity contribution is 7.91. The first-order chi connectivity index (χ1) is 9.83. The third-order valence-electron chi connectivity index (χ3n) is 3.17. The van der Waals surface area contributed by atoms with Crippen molar-refractivity contribution >= 4 is 21.4 Å². The van der Waals surface area contributed by atoms with Crippen molar-refractivity contribution in [1.82, 2.24) is 4.72 Å². The number of sulfonamides is 1. The molecule has 1 unspecified atom stereocenters. The molecule has 0 fully saturated rings. The second-order valence-electron chi connectivity index (χ2n) is 4.97. The molecule has 2 heterocycles. The average Bonchev–Trinajstić information content (AvgIpc) is 2.96. The molecule has 2 rings (SSSR count). The van der Waals surface area contributed by atoms with Crippen LogP contribution in [-0.4, -0.2) is 15.0 Å². The van der Waals surface area contributed by atoms with Gasteiger partial charge in [0.2, 0.25) is 0 Å². The number of hydrogen-bond acceptors (Lipinski definition) is 5. The summed E-state index contributed by atoms with van der Waals surface area (Å²) < 4.78 is 33.2. The number of aryl methyl sites for hydroxylation is 2. The van der Waals surface area contributed by atoms with E-state index in [0.717, 1.165) is 22.0 Å². The van der Waals surface area contributed by atoms with Crippen LogP contribution in [0.1, 0.15) is 34.9 Å². The van der Waals surface area contributed by atoms with E-state index in [1.165, 1.54) is 11.3 Å². The molecule has 0 amide bonds. The quantitative estimate of drug-likeness (QED) is 0.853. The number of hydrogen-bond donors (Lipinski definition) is 2. The van der Waals surface area contributed by atoms with E-state index in [1.807, 2.05) is 32.9 Å². The number of furan rings is 1. The van der Waals surface area contributed by atoms with Crippen LogP contribution < -0.4 is 10.5 Å². The van der Waals surface area contributed by atoms with E-state index in [0.29, 0.717) is 17.2 Å². The second-order valence-corrected chi connectivity index (χ2v) is 8.08. The first kappa shape index (κ1) is 16.2. The van der Waals surface area contributed by atoms with Gasteiger partial charge in [0.15, 0.2) is 0 Å². The van der Waals surface area contributed by atoms with Crippen LogP contribution in [0.2, 0.25) is 0 Å².